The summed E-state index contributed by atoms with van der Waals surface area (Å²) in [6, 6.07) is 1.05. The van der Waals surface area contributed by atoms with Gasteiger partial charge in [0, 0.05) is 32.0 Å². The molecule has 1 fully saturated rings. The highest BCUT2D eigenvalue weighted by Crippen LogP contribution is 2.37. The van der Waals surface area contributed by atoms with Gasteiger partial charge in [-0.25, -0.2) is 4.79 Å². The number of allylic oxidation sites excluding steroid dienone is 1. The van der Waals surface area contributed by atoms with E-state index in [4.69, 9.17) is 21.2 Å². The number of rotatable bonds is 5. The van der Waals surface area contributed by atoms with Gasteiger partial charge in [-0.2, -0.15) is 0 Å². The molecule has 8 nitrogen and oxygen atoms in total. The molecule has 2 N–H and O–H groups in total. The number of oxime groups is 1. The number of fused-ring (bicyclic) bond motifs is 1. The largest absolute Gasteiger partial charge is 0.507 e. The highest BCUT2D eigenvalue weighted by Gasteiger charge is 2.27. The van der Waals surface area contributed by atoms with E-state index in [1.165, 1.54) is 0 Å². The molecule has 3 rings (SSSR count). The molecule has 1 aromatic carbocycles. The third kappa shape index (κ3) is 7.88. The van der Waals surface area contributed by atoms with Crippen LogP contribution in [-0.4, -0.2) is 58.5 Å². The summed E-state index contributed by atoms with van der Waals surface area (Å²) in [4.78, 5) is 32.9. The molecule has 198 valence electrons. The smallest absolute Gasteiger partial charge is 0.342 e. The Morgan fingerprint density at radius 3 is 2.69 bits per heavy atom. The molecule has 0 saturated carbocycles. The van der Waals surface area contributed by atoms with E-state index in [0.29, 0.717) is 25.0 Å². The highest BCUT2D eigenvalue weighted by molar-refractivity contribution is 6.33. The summed E-state index contributed by atoms with van der Waals surface area (Å²) in [5, 5.41) is 25.0. The molecule has 2 aliphatic heterocycles. The van der Waals surface area contributed by atoms with Crippen LogP contribution in [0.15, 0.2) is 23.4 Å². The number of hydrogen-bond donors (Lipinski definition) is 2. The molecule has 1 saturated heterocycles. The molecule has 0 bridgehead atoms. The van der Waals surface area contributed by atoms with Gasteiger partial charge in [0.05, 0.1) is 10.7 Å². The quantitative estimate of drug-likeness (QED) is 0.300. The van der Waals surface area contributed by atoms with Gasteiger partial charge in [-0.1, -0.05) is 42.3 Å². The van der Waals surface area contributed by atoms with E-state index in [1.807, 2.05) is 13.0 Å². The summed E-state index contributed by atoms with van der Waals surface area (Å²) in [7, 11) is 0. The Morgan fingerprint density at radius 2 is 1.94 bits per heavy atom. The number of ether oxygens (including phenoxy) is 1. The number of benzene rings is 1. The predicted molar refractivity (Wildman–Crippen MR) is 139 cm³/mol. The van der Waals surface area contributed by atoms with Gasteiger partial charge in [0.25, 0.3) is 5.91 Å². The van der Waals surface area contributed by atoms with E-state index in [9.17, 15) is 19.8 Å². The van der Waals surface area contributed by atoms with Crippen molar-refractivity contribution >= 4 is 29.2 Å². The topological polar surface area (TPSA) is 109 Å². The normalized spacial score (nSPS) is 21.8. The van der Waals surface area contributed by atoms with Crippen LogP contribution in [0.1, 0.15) is 87.1 Å². The van der Waals surface area contributed by atoms with E-state index < -0.39 is 11.7 Å². The van der Waals surface area contributed by atoms with Crippen LogP contribution >= 0.6 is 11.6 Å². The lowest BCUT2D eigenvalue weighted by atomic mass is 9.97. The molecule has 0 aliphatic carbocycles. The maximum absolute atomic E-state index is 13.2. The maximum atomic E-state index is 13.2. The molecule has 1 amide bonds. The van der Waals surface area contributed by atoms with Crippen LogP contribution in [0.2, 0.25) is 5.02 Å². The van der Waals surface area contributed by atoms with Crippen LogP contribution in [-0.2, 0) is 20.8 Å². The second kappa shape index (κ2) is 14.1. The SMILES string of the molecule is CCCC1C/C=C/CCCCC(=NOCC(=O)N2CCCCC2)Cc2c(Cl)c(O)cc(O)c2C(=O)O1. The monoisotopic (exact) mass is 520 g/mol. The average Bonchev–Trinajstić information content (AvgIpc) is 2.86. The van der Waals surface area contributed by atoms with Crippen LogP contribution in [0.5, 0.6) is 11.5 Å². The van der Waals surface area contributed by atoms with Crippen molar-refractivity contribution in [3.05, 3.63) is 34.4 Å². The van der Waals surface area contributed by atoms with Crippen LogP contribution in [0, 0.1) is 0 Å². The van der Waals surface area contributed by atoms with E-state index in [-0.39, 0.29) is 46.9 Å². The first-order chi connectivity index (χ1) is 17.4. The van der Waals surface area contributed by atoms with Crippen LogP contribution in [0.4, 0.5) is 0 Å². The number of carbonyl (C=O) groups is 2. The number of carbonyl (C=O) groups excluding carboxylic acids is 2. The van der Waals surface area contributed by atoms with Gasteiger partial charge >= 0.3 is 5.97 Å². The average molecular weight is 521 g/mol. The number of hydrogen-bond acceptors (Lipinski definition) is 7. The number of amides is 1. The minimum absolute atomic E-state index is 0.0455. The Balaban J connectivity index is 1.86. The second-order valence-electron chi connectivity index (χ2n) is 9.40. The van der Waals surface area contributed by atoms with Crippen molar-refractivity contribution in [3.8, 4) is 11.5 Å². The van der Waals surface area contributed by atoms with Crippen molar-refractivity contribution in [2.75, 3.05) is 19.7 Å². The summed E-state index contributed by atoms with van der Waals surface area (Å²) in [5.41, 5.74) is 0.706. The number of likely N-dealkylation sites (tertiary alicyclic amines) is 1. The molecule has 0 aromatic heterocycles. The molecular formula is C27H37ClN2O6. The van der Waals surface area contributed by atoms with Crippen molar-refractivity contribution < 1.29 is 29.4 Å². The Bertz CT molecular complexity index is 972. The second-order valence-corrected chi connectivity index (χ2v) is 9.78. The number of aromatic hydroxyl groups is 2. The first-order valence-corrected chi connectivity index (χ1v) is 13.3. The molecule has 1 aromatic rings. The molecule has 0 spiro atoms. The summed E-state index contributed by atoms with van der Waals surface area (Å²) in [6.45, 7) is 3.31. The predicted octanol–water partition coefficient (Wildman–Crippen LogP) is 5.52. The van der Waals surface area contributed by atoms with Gasteiger partial charge in [0.2, 0.25) is 0 Å². The summed E-state index contributed by atoms with van der Waals surface area (Å²) in [5.74, 6) is -1.55. The minimum atomic E-state index is -0.700. The summed E-state index contributed by atoms with van der Waals surface area (Å²) < 4.78 is 5.74. The number of halogens is 1. The molecule has 2 aliphatic rings. The standard InChI is InChI=1S/C27H37ClN2O6/c1-2-11-20-13-8-5-3-4-7-12-19(29-35-18-24(33)30-14-9-6-10-15-30)16-21-25(27(34)36-20)22(31)17-23(32)26(21)28/h5,8,17,20,31-32H,2-4,6-7,9-16,18H2,1H3/b8-5+,29-19?. The number of esters is 1. The summed E-state index contributed by atoms with van der Waals surface area (Å²) in [6.07, 6.45) is 12.2. The van der Waals surface area contributed by atoms with E-state index >= 15 is 0 Å². The molecule has 1 unspecified atom stereocenters. The Labute approximate surface area is 217 Å². The fourth-order valence-corrected chi connectivity index (χ4v) is 4.79. The maximum Gasteiger partial charge on any atom is 0.342 e. The number of cyclic esters (lactones) is 1. The van der Waals surface area contributed by atoms with Crippen LogP contribution in [0.25, 0.3) is 0 Å². The van der Waals surface area contributed by atoms with Crippen molar-refractivity contribution in [2.45, 2.75) is 83.7 Å². The zero-order valence-electron chi connectivity index (χ0n) is 21.0. The lowest BCUT2D eigenvalue weighted by molar-refractivity contribution is -0.137. The van der Waals surface area contributed by atoms with E-state index in [1.54, 1.807) is 4.90 Å². The lowest BCUT2D eigenvalue weighted by Crippen LogP contribution is -2.37. The number of nitrogens with zero attached hydrogens (tertiary/aromatic N) is 2. The molecule has 0 radical (unpaired) electrons. The third-order valence-electron chi connectivity index (χ3n) is 6.53. The zero-order valence-corrected chi connectivity index (χ0v) is 21.8. The van der Waals surface area contributed by atoms with Gasteiger partial charge in [0.1, 0.15) is 23.2 Å². The Hall–Kier alpha value is -2.74. The van der Waals surface area contributed by atoms with Crippen LogP contribution in [0.3, 0.4) is 0 Å². The lowest BCUT2D eigenvalue weighted by Gasteiger charge is -2.26. The van der Waals surface area contributed by atoms with Gasteiger partial charge in [0.15, 0.2) is 6.61 Å². The van der Waals surface area contributed by atoms with Crippen molar-refractivity contribution in [1.29, 1.82) is 0 Å². The van der Waals surface area contributed by atoms with E-state index in [0.717, 1.165) is 64.1 Å². The number of phenols is 2. The zero-order chi connectivity index (χ0) is 25.9. The minimum Gasteiger partial charge on any atom is -0.507 e. The van der Waals surface area contributed by atoms with Crippen LogP contribution < -0.4 is 0 Å². The third-order valence-corrected chi connectivity index (χ3v) is 6.95. The van der Waals surface area contributed by atoms with E-state index in [2.05, 4.69) is 11.2 Å². The van der Waals surface area contributed by atoms with Crippen molar-refractivity contribution in [1.82, 2.24) is 4.90 Å². The fraction of sp³-hybridized carbons (Fsp3) is 0.593. The molecule has 36 heavy (non-hydrogen) atoms. The van der Waals surface area contributed by atoms with Gasteiger partial charge in [-0.3, -0.25) is 4.79 Å². The van der Waals surface area contributed by atoms with Crippen molar-refractivity contribution in [3.63, 3.8) is 0 Å². The number of piperidine rings is 1. The summed E-state index contributed by atoms with van der Waals surface area (Å²) >= 11 is 6.41. The van der Waals surface area contributed by atoms with Gasteiger partial charge < -0.3 is 24.7 Å². The first-order valence-electron chi connectivity index (χ1n) is 13.0. The van der Waals surface area contributed by atoms with Gasteiger partial charge in [-0.15, -0.1) is 0 Å². The molecule has 9 heteroatoms. The molecule has 1 atom stereocenters. The first kappa shape index (κ1) is 27.8. The fourth-order valence-electron chi connectivity index (χ4n) is 4.58. The van der Waals surface area contributed by atoms with Gasteiger partial charge in [-0.05, 0) is 56.9 Å². The molecular weight excluding hydrogens is 484 g/mol. The van der Waals surface area contributed by atoms with Crippen molar-refractivity contribution in [2.24, 2.45) is 5.16 Å². The number of phenolic OH excluding ortho intramolecular Hbond substituents is 2. The highest BCUT2D eigenvalue weighted by atomic mass is 35.5. The molecule has 2 heterocycles. The Kier molecular flexibility index (Phi) is 10.9. The Morgan fingerprint density at radius 1 is 1.17 bits per heavy atom.